The molecule has 2 aromatic rings. The Hall–Kier alpha value is -3.08. The Bertz CT molecular complexity index is 868. The molecule has 0 N–H and O–H groups in total. The maximum Gasteiger partial charge on any atom is 0.286 e. The highest BCUT2D eigenvalue weighted by molar-refractivity contribution is 5.86. The molecule has 1 aliphatic rings. The minimum atomic E-state index is -0.632. The lowest BCUT2D eigenvalue weighted by Gasteiger charge is -2.14. The van der Waals surface area contributed by atoms with Crippen LogP contribution < -0.4 is 4.74 Å². The average molecular weight is 363 g/mol. The summed E-state index contributed by atoms with van der Waals surface area (Å²) in [6, 6.07) is 15.7. The van der Waals surface area contributed by atoms with Crippen LogP contribution in [0.1, 0.15) is 42.4 Å². The first kappa shape index (κ1) is 18.7. The van der Waals surface area contributed by atoms with Gasteiger partial charge in [0.2, 0.25) is 0 Å². The van der Waals surface area contributed by atoms with Gasteiger partial charge in [-0.2, -0.15) is 0 Å². The lowest BCUT2D eigenvalue weighted by atomic mass is 9.92. The van der Waals surface area contributed by atoms with Crippen LogP contribution >= 0.6 is 0 Å². The molecule has 0 spiro atoms. The molecule has 3 rings (SSSR count). The van der Waals surface area contributed by atoms with Crippen LogP contribution in [-0.4, -0.2) is 11.7 Å². The van der Waals surface area contributed by atoms with E-state index >= 15 is 0 Å². The van der Waals surface area contributed by atoms with Gasteiger partial charge in [0.1, 0.15) is 18.1 Å². The second-order valence-corrected chi connectivity index (χ2v) is 6.59. The largest absolute Gasteiger partial charge is 0.489 e. The van der Waals surface area contributed by atoms with Gasteiger partial charge in [-0.1, -0.05) is 36.4 Å². The van der Waals surface area contributed by atoms with Gasteiger partial charge >= 0.3 is 0 Å². The second-order valence-electron chi connectivity index (χ2n) is 6.59. The van der Waals surface area contributed by atoms with Gasteiger partial charge in [0, 0.05) is 24.4 Å². The standard InChI is InChI=1S/C22H21NO4/c24-20-9-7-18(8-10-20)19-3-1-2-17(14-19)15-27-21-11-4-16(5-12-21)6-13-22(25)23-26/h1-5,7,11-12,14H,6,8-10,13,15H2. The van der Waals surface area contributed by atoms with Crippen LogP contribution in [0, 0.1) is 4.91 Å². The van der Waals surface area contributed by atoms with E-state index in [0.717, 1.165) is 28.9 Å². The summed E-state index contributed by atoms with van der Waals surface area (Å²) in [4.78, 5) is 32.4. The van der Waals surface area contributed by atoms with E-state index in [1.165, 1.54) is 5.57 Å². The molecule has 0 atom stereocenters. The Morgan fingerprint density at radius 1 is 1.04 bits per heavy atom. The Morgan fingerprint density at radius 2 is 1.85 bits per heavy atom. The number of Topliss-reactive ketones (excluding diaryl/α,β-unsaturated/α-hetero) is 1. The van der Waals surface area contributed by atoms with Gasteiger partial charge < -0.3 is 4.74 Å². The van der Waals surface area contributed by atoms with Crippen molar-refractivity contribution in [2.24, 2.45) is 5.18 Å². The van der Waals surface area contributed by atoms with Crippen LogP contribution in [0.2, 0.25) is 0 Å². The van der Waals surface area contributed by atoms with Gasteiger partial charge in [-0.05, 0) is 53.3 Å². The van der Waals surface area contributed by atoms with E-state index in [-0.39, 0.29) is 6.42 Å². The fraction of sp³-hybridized carbons (Fsp3) is 0.273. The maximum absolute atomic E-state index is 11.4. The average Bonchev–Trinajstić information content (AvgIpc) is 2.72. The quantitative estimate of drug-likeness (QED) is 0.673. The number of rotatable bonds is 7. The summed E-state index contributed by atoms with van der Waals surface area (Å²) in [5, 5.41) is 2.39. The van der Waals surface area contributed by atoms with Crippen molar-refractivity contribution in [3.63, 3.8) is 0 Å². The number of hydrogen-bond acceptors (Lipinski definition) is 4. The monoisotopic (exact) mass is 363 g/mol. The number of allylic oxidation sites excluding steroid dienone is 2. The predicted molar refractivity (Wildman–Crippen MR) is 103 cm³/mol. The topological polar surface area (TPSA) is 72.8 Å². The van der Waals surface area contributed by atoms with Crippen LogP contribution in [0.15, 0.2) is 59.8 Å². The summed E-state index contributed by atoms with van der Waals surface area (Å²) < 4.78 is 5.84. The molecular weight excluding hydrogens is 342 g/mol. The number of ether oxygens (including phenoxy) is 1. The summed E-state index contributed by atoms with van der Waals surface area (Å²) in [6.07, 6.45) is 4.58. The molecule has 0 radical (unpaired) electrons. The van der Waals surface area contributed by atoms with Crippen molar-refractivity contribution >= 4 is 17.3 Å². The Labute approximate surface area is 158 Å². The van der Waals surface area contributed by atoms with Crippen molar-refractivity contribution in [2.75, 3.05) is 0 Å². The summed E-state index contributed by atoms with van der Waals surface area (Å²) in [5.41, 5.74) is 4.39. The van der Waals surface area contributed by atoms with Crippen LogP contribution in [0.4, 0.5) is 0 Å². The summed E-state index contributed by atoms with van der Waals surface area (Å²) in [5.74, 6) is 0.410. The van der Waals surface area contributed by atoms with E-state index in [9.17, 15) is 14.5 Å². The predicted octanol–water partition coefficient (Wildman–Crippen LogP) is 4.63. The molecule has 0 unspecified atom stereocenters. The molecule has 1 aliphatic carbocycles. The maximum atomic E-state index is 11.4. The first-order valence-corrected chi connectivity index (χ1v) is 9.02. The van der Waals surface area contributed by atoms with Gasteiger partial charge in [0.05, 0.1) is 0 Å². The number of nitrogens with zero attached hydrogens (tertiary/aromatic N) is 1. The zero-order chi connectivity index (χ0) is 19.1. The van der Waals surface area contributed by atoms with Gasteiger partial charge in [-0.15, -0.1) is 4.91 Å². The number of carbonyl (C=O) groups is 2. The number of hydrogen-bond donors (Lipinski definition) is 0. The zero-order valence-corrected chi connectivity index (χ0v) is 15.0. The molecule has 0 aliphatic heterocycles. The van der Waals surface area contributed by atoms with E-state index in [1.807, 2.05) is 42.5 Å². The highest BCUT2D eigenvalue weighted by Gasteiger charge is 2.12. The summed E-state index contributed by atoms with van der Waals surface area (Å²) in [6.45, 7) is 0.451. The second kappa shape index (κ2) is 9.03. The number of amides is 1. The third kappa shape index (κ3) is 5.45. The van der Waals surface area contributed by atoms with Crippen molar-refractivity contribution in [3.8, 4) is 5.75 Å². The normalized spacial score (nSPS) is 13.8. The number of nitroso groups, excluding NO2 is 1. The van der Waals surface area contributed by atoms with E-state index in [4.69, 9.17) is 4.74 Å². The van der Waals surface area contributed by atoms with Gasteiger partial charge in [0.25, 0.3) is 5.91 Å². The van der Waals surface area contributed by atoms with Crippen molar-refractivity contribution in [2.45, 2.75) is 38.7 Å². The van der Waals surface area contributed by atoms with Crippen LogP contribution in [0.5, 0.6) is 5.75 Å². The SMILES string of the molecule is O=NC(=O)CCc1ccc(OCc2cccc(C3=CCC(=O)CC3)c2)cc1. The Kier molecular flexibility index (Phi) is 6.26. The molecular formula is C22H21NO4. The Balaban J connectivity index is 1.57. The van der Waals surface area contributed by atoms with Crippen LogP contribution in [-0.2, 0) is 22.6 Å². The third-order valence-corrected chi connectivity index (χ3v) is 4.61. The van der Waals surface area contributed by atoms with Crippen molar-refractivity contribution < 1.29 is 14.3 Å². The molecule has 0 saturated carbocycles. The van der Waals surface area contributed by atoms with E-state index in [1.54, 1.807) is 0 Å². The lowest BCUT2D eigenvalue weighted by molar-refractivity contribution is -0.119. The number of aryl methyl sites for hydroxylation is 1. The van der Waals surface area contributed by atoms with Crippen molar-refractivity contribution in [3.05, 3.63) is 76.2 Å². The molecule has 0 bridgehead atoms. The summed E-state index contributed by atoms with van der Waals surface area (Å²) in [7, 11) is 0. The molecule has 0 saturated heterocycles. The van der Waals surface area contributed by atoms with Gasteiger partial charge in [0.15, 0.2) is 0 Å². The number of benzene rings is 2. The van der Waals surface area contributed by atoms with Crippen molar-refractivity contribution in [1.29, 1.82) is 0 Å². The van der Waals surface area contributed by atoms with Crippen LogP contribution in [0.25, 0.3) is 5.57 Å². The number of ketones is 1. The molecule has 0 heterocycles. The first-order valence-electron chi connectivity index (χ1n) is 9.02. The molecule has 138 valence electrons. The summed E-state index contributed by atoms with van der Waals surface area (Å²) >= 11 is 0. The smallest absolute Gasteiger partial charge is 0.286 e. The first-order chi connectivity index (χ1) is 13.1. The fourth-order valence-electron chi connectivity index (χ4n) is 3.05. The third-order valence-electron chi connectivity index (χ3n) is 4.61. The molecule has 0 aromatic heterocycles. The molecule has 0 fully saturated rings. The minimum absolute atomic E-state index is 0.123. The van der Waals surface area contributed by atoms with Crippen molar-refractivity contribution in [1.82, 2.24) is 0 Å². The minimum Gasteiger partial charge on any atom is -0.489 e. The van der Waals surface area contributed by atoms with Gasteiger partial charge in [-0.25, -0.2) is 0 Å². The lowest BCUT2D eigenvalue weighted by Crippen LogP contribution is -2.03. The number of carbonyl (C=O) groups excluding carboxylic acids is 2. The molecule has 5 nitrogen and oxygen atoms in total. The van der Waals surface area contributed by atoms with E-state index < -0.39 is 5.91 Å². The molecule has 5 heteroatoms. The Morgan fingerprint density at radius 3 is 2.56 bits per heavy atom. The molecule has 1 amide bonds. The zero-order valence-electron chi connectivity index (χ0n) is 15.0. The van der Waals surface area contributed by atoms with E-state index in [0.29, 0.717) is 31.7 Å². The molecule has 2 aromatic carbocycles. The molecule has 27 heavy (non-hydrogen) atoms. The highest BCUT2D eigenvalue weighted by Crippen LogP contribution is 2.26. The van der Waals surface area contributed by atoms with E-state index in [2.05, 4.69) is 17.3 Å². The fourth-order valence-corrected chi connectivity index (χ4v) is 3.05. The highest BCUT2D eigenvalue weighted by atomic mass is 16.5. The van der Waals surface area contributed by atoms with Crippen LogP contribution in [0.3, 0.4) is 0 Å². The van der Waals surface area contributed by atoms with Gasteiger partial charge in [-0.3, -0.25) is 9.59 Å².